The lowest BCUT2D eigenvalue weighted by atomic mass is 10.2. The minimum atomic E-state index is -0.966. The maximum Gasteiger partial charge on any atom is 0.224 e. The zero-order valence-electron chi connectivity index (χ0n) is 10.6. The standard InChI is InChI=1S/C12H17ClN2O2S.ClH/c1-18(17)8-9-7-10(4-5-11(9)13)15-12(16)3-2-6-14;/h4-5,7H,2-3,6,8,14H2,1H3,(H,15,16);1H. The summed E-state index contributed by atoms with van der Waals surface area (Å²) in [4.78, 5) is 11.5. The Labute approximate surface area is 127 Å². The van der Waals surface area contributed by atoms with Crippen LogP contribution in [-0.2, 0) is 21.3 Å². The lowest BCUT2D eigenvalue weighted by Crippen LogP contribution is -2.13. The highest BCUT2D eigenvalue weighted by molar-refractivity contribution is 7.83. The SMILES string of the molecule is CS(=O)Cc1cc(NC(=O)CCCN)ccc1Cl.Cl. The lowest BCUT2D eigenvalue weighted by Gasteiger charge is -2.08. The molecule has 0 heterocycles. The van der Waals surface area contributed by atoms with Crippen LogP contribution in [0.5, 0.6) is 0 Å². The van der Waals surface area contributed by atoms with E-state index in [2.05, 4.69) is 5.32 Å². The molecular weight excluding hydrogens is 307 g/mol. The van der Waals surface area contributed by atoms with Gasteiger partial charge in [-0.15, -0.1) is 12.4 Å². The fourth-order valence-corrected chi connectivity index (χ4v) is 2.41. The van der Waals surface area contributed by atoms with Gasteiger partial charge >= 0.3 is 0 Å². The van der Waals surface area contributed by atoms with Crippen LogP contribution >= 0.6 is 24.0 Å². The Bertz CT molecular complexity index is 455. The molecular formula is C12H18Cl2N2O2S. The fourth-order valence-electron chi connectivity index (χ4n) is 1.47. The average molecular weight is 325 g/mol. The minimum Gasteiger partial charge on any atom is -0.330 e. The number of nitrogens with two attached hydrogens (primary N) is 1. The van der Waals surface area contributed by atoms with E-state index in [0.717, 1.165) is 5.56 Å². The first-order valence-electron chi connectivity index (χ1n) is 5.61. The van der Waals surface area contributed by atoms with Gasteiger partial charge in [-0.25, -0.2) is 0 Å². The van der Waals surface area contributed by atoms with Gasteiger partial charge in [-0.1, -0.05) is 11.6 Å². The van der Waals surface area contributed by atoms with Crippen LogP contribution in [0.2, 0.25) is 5.02 Å². The molecule has 7 heteroatoms. The van der Waals surface area contributed by atoms with Gasteiger partial charge in [-0.2, -0.15) is 0 Å². The molecule has 0 spiro atoms. The third kappa shape index (κ3) is 6.92. The highest BCUT2D eigenvalue weighted by atomic mass is 35.5. The van der Waals surface area contributed by atoms with Gasteiger partial charge in [-0.3, -0.25) is 9.00 Å². The van der Waals surface area contributed by atoms with Crippen LogP contribution in [0.1, 0.15) is 18.4 Å². The van der Waals surface area contributed by atoms with Crippen molar-refractivity contribution in [3.8, 4) is 0 Å². The molecule has 0 aromatic heterocycles. The van der Waals surface area contributed by atoms with Gasteiger partial charge in [0, 0.05) is 39.9 Å². The van der Waals surface area contributed by atoms with Gasteiger partial charge in [-0.05, 0) is 36.7 Å². The zero-order valence-corrected chi connectivity index (χ0v) is 13.0. The Hall–Kier alpha value is -0.620. The molecule has 3 N–H and O–H groups in total. The van der Waals surface area contributed by atoms with Crippen LogP contribution in [0.3, 0.4) is 0 Å². The van der Waals surface area contributed by atoms with Gasteiger partial charge in [0.25, 0.3) is 0 Å². The van der Waals surface area contributed by atoms with Crippen molar-refractivity contribution in [3.05, 3.63) is 28.8 Å². The van der Waals surface area contributed by atoms with Crippen molar-refractivity contribution < 1.29 is 9.00 Å². The lowest BCUT2D eigenvalue weighted by molar-refractivity contribution is -0.116. The predicted octanol–water partition coefficient (Wildman–Crippen LogP) is 2.32. The topological polar surface area (TPSA) is 72.2 Å². The van der Waals surface area contributed by atoms with E-state index >= 15 is 0 Å². The van der Waals surface area contributed by atoms with E-state index in [9.17, 15) is 9.00 Å². The second kappa shape index (κ2) is 9.31. The molecule has 1 unspecified atom stereocenters. The summed E-state index contributed by atoms with van der Waals surface area (Å²) in [6.45, 7) is 0.494. The number of amides is 1. The first-order valence-corrected chi connectivity index (χ1v) is 7.72. The van der Waals surface area contributed by atoms with E-state index < -0.39 is 10.8 Å². The Kier molecular flexibility index (Phi) is 9.01. The van der Waals surface area contributed by atoms with Crippen molar-refractivity contribution in [2.75, 3.05) is 18.1 Å². The number of hydrogen-bond donors (Lipinski definition) is 2. The summed E-state index contributed by atoms with van der Waals surface area (Å²) < 4.78 is 11.2. The number of benzene rings is 1. The molecule has 0 aliphatic heterocycles. The van der Waals surface area contributed by atoms with E-state index in [-0.39, 0.29) is 18.3 Å². The maximum atomic E-state index is 11.5. The number of hydrogen-bond acceptors (Lipinski definition) is 3. The third-order valence-corrected chi connectivity index (χ3v) is 3.38. The molecule has 0 bridgehead atoms. The minimum absolute atomic E-state index is 0. The van der Waals surface area contributed by atoms with E-state index in [1.807, 2.05) is 0 Å². The summed E-state index contributed by atoms with van der Waals surface area (Å²) in [6, 6.07) is 5.18. The van der Waals surface area contributed by atoms with Gasteiger partial charge in [0.2, 0.25) is 5.91 Å². The molecule has 0 saturated heterocycles. The Morgan fingerprint density at radius 1 is 1.47 bits per heavy atom. The smallest absolute Gasteiger partial charge is 0.224 e. The molecule has 108 valence electrons. The molecule has 1 amide bonds. The zero-order chi connectivity index (χ0) is 13.5. The molecule has 0 saturated carbocycles. The number of anilines is 1. The molecule has 0 aliphatic carbocycles. The van der Waals surface area contributed by atoms with Gasteiger partial charge in [0.05, 0.1) is 0 Å². The van der Waals surface area contributed by atoms with Gasteiger partial charge in [0.1, 0.15) is 0 Å². The molecule has 1 aromatic rings. The molecule has 1 rings (SSSR count). The Morgan fingerprint density at radius 3 is 2.74 bits per heavy atom. The Balaban J connectivity index is 0.00000324. The molecule has 19 heavy (non-hydrogen) atoms. The number of carbonyl (C=O) groups is 1. The summed E-state index contributed by atoms with van der Waals surface area (Å²) in [5.74, 6) is 0.303. The van der Waals surface area contributed by atoms with Crippen molar-refractivity contribution in [2.45, 2.75) is 18.6 Å². The van der Waals surface area contributed by atoms with Crippen LogP contribution in [-0.4, -0.2) is 22.9 Å². The van der Waals surface area contributed by atoms with Crippen molar-refractivity contribution in [3.63, 3.8) is 0 Å². The number of nitrogens with one attached hydrogen (secondary N) is 1. The number of carbonyl (C=O) groups excluding carboxylic acids is 1. The van der Waals surface area contributed by atoms with E-state index in [0.29, 0.717) is 35.8 Å². The van der Waals surface area contributed by atoms with E-state index in [4.69, 9.17) is 17.3 Å². The fraction of sp³-hybridized carbons (Fsp3) is 0.417. The third-order valence-electron chi connectivity index (χ3n) is 2.30. The van der Waals surface area contributed by atoms with Crippen molar-refractivity contribution in [2.24, 2.45) is 5.73 Å². The molecule has 0 aliphatic rings. The van der Waals surface area contributed by atoms with Crippen LogP contribution in [0.4, 0.5) is 5.69 Å². The number of rotatable bonds is 6. The quantitative estimate of drug-likeness (QED) is 0.843. The van der Waals surface area contributed by atoms with Crippen LogP contribution in [0, 0.1) is 0 Å². The summed E-state index contributed by atoms with van der Waals surface area (Å²) in [5, 5.41) is 3.33. The van der Waals surface area contributed by atoms with Crippen LogP contribution in [0.25, 0.3) is 0 Å². The molecule has 0 radical (unpaired) electrons. The van der Waals surface area contributed by atoms with Crippen molar-refractivity contribution in [1.29, 1.82) is 0 Å². The summed E-state index contributed by atoms with van der Waals surface area (Å²) in [5.41, 5.74) is 6.78. The first kappa shape index (κ1) is 18.4. The largest absolute Gasteiger partial charge is 0.330 e. The average Bonchev–Trinajstić information content (AvgIpc) is 2.30. The van der Waals surface area contributed by atoms with Gasteiger partial charge in [0.15, 0.2) is 0 Å². The predicted molar refractivity (Wildman–Crippen MR) is 83.4 cm³/mol. The van der Waals surface area contributed by atoms with Crippen LogP contribution < -0.4 is 11.1 Å². The molecule has 4 nitrogen and oxygen atoms in total. The van der Waals surface area contributed by atoms with E-state index in [1.54, 1.807) is 24.5 Å². The molecule has 1 atom stereocenters. The second-order valence-electron chi connectivity index (χ2n) is 3.96. The van der Waals surface area contributed by atoms with Crippen molar-refractivity contribution in [1.82, 2.24) is 0 Å². The van der Waals surface area contributed by atoms with Crippen LogP contribution in [0.15, 0.2) is 18.2 Å². The monoisotopic (exact) mass is 324 g/mol. The molecule has 1 aromatic carbocycles. The first-order chi connectivity index (χ1) is 8.52. The maximum absolute atomic E-state index is 11.5. The highest BCUT2D eigenvalue weighted by Gasteiger charge is 2.06. The highest BCUT2D eigenvalue weighted by Crippen LogP contribution is 2.22. The van der Waals surface area contributed by atoms with E-state index in [1.165, 1.54) is 0 Å². The normalized spacial score (nSPS) is 11.5. The molecule has 0 fully saturated rings. The Morgan fingerprint density at radius 2 is 2.16 bits per heavy atom. The van der Waals surface area contributed by atoms with Crippen molar-refractivity contribution >= 4 is 46.4 Å². The summed E-state index contributed by atoms with van der Waals surface area (Å²) >= 11 is 6.00. The summed E-state index contributed by atoms with van der Waals surface area (Å²) in [7, 11) is -0.966. The summed E-state index contributed by atoms with van der Waals surface area (Å²) in [6.07, 6.45) is 2.67. The number of halogens is 2. The second-order valence-corrected chi connectivity index (χ2v) is 5.81. The van der Waals surface area contributed by atoms with Gasteiger partial charge < -0.3 is 11.1 Å².